The fourth-order valence-corrected chi connectivity index (χ4v) is 3.65. The Morgan fingerprint density at radius 1 is 1.26 bits per heavy atom. The van der Waals surface area contributed by atoms with Crippen LogP contribution in [0.4, 0.5) is 0 Å². The van der Waals surface area contributed by atoms with Crippen LogP contribution >= 0.6 is 27.3 Å². The average Bonchev–Trinajstić information content (AvgIpc) is 2.95. The summed E-state index contributed by atoms with van der Waals surface area (Å²) in [5.74, 6) is -1.62. The van der Waals surface area contributed by atoms with Crippen molar-refractivity contribution >= 4 is 39.1 Å². The highest BCUT2D eigenvalue weighted by Crippen LogP contribution is 2.20. The minimum Gasteiger partial charge on any atom is -0.481 e. The Balaban J connectivity index is 1.79. The van der Waals surface area contributed by atoms with Gasteiger partial charge in [0.05, 0.1) is 5.92 Å². The van der Waals surface area contributed by atoms with Crippen molar-refractivity contribution in [1.82, 2.24) is 5.32 Å². The fourth-order valence-electron chi connectivity index (χ4n) is 2.19. The first-order chi connectivity index (χ1) is 11.0. The van der Waals surface area contributed by atoms with E-state index >= 15 is 0 Å². The van der Waals surface area contributed by atoms with Crippen molar-refractivity contribution in [2.45, 2.75) is 19.3 Å². The van der Waals surface area contributed by atoms with E-state index in [0.29, 0.717) is 19.3 Å². The van der Waals surface area contributed by atoms with E-state index in [1.54, 1.807) is 11.3 Å². The van der Waals surface area contributed by atoms with Gasteiger partial charge in [0.2, 0.25) is 5.91 Å². The molecule has 0 aliphatic heterocycles. The van der Waals surface area contributed by atoms with Crippen molar-refractivity contribution in [2.75, 3.05) is 6.54 Å². The number of carboxylic acid groups (broad SMARTS) is 1. The van der Waals surface area contributed by atoms with Gasteiger partial charge in [-0.05, 0) is 40.4 Å². The smallest absolute Gasteiger partial charge is 0.308 e. The zero-order valence-electron chi connectivity index (χ0n) is 12.5. The van der Waals surface area contributed by atoms with Gasteiger partial charge in [-0.15, -0.1) is 11.3 Å². The number of benzene rings is 1. The molecule has 0 radical (unpaired) electrons. The van der Waals surface area contributed by atoms with Crippen molar-refractivity contribution < 1.29 is 14.7 Å². The van der Waals surface area contributed by atoms with E-state index in [-0.39, 0.29) is 12.5 Å². The molecule has 0 spiro atoms. The van der Waals surface area contributed by atoms with Crippen LogP contribution in [0.1, 0.15) is 16.9 Å². The Morgan fingerprint density at radius 2 is 2.00 bits per heavy atom. The first-order valence-electron chi connectivity index (χ1n) is 7.31. The molecule has 1 heterocycles. The molecular formula is C17H18BrNO3S. The van der Waals surface area contributed by atoms with Crippen molar-refractivity contribution in [1.29, 1.82) is 0 Å². The molecule has 0 saturated heterocycles. The molecule has 6 heteroatoms. The van der Waals surface area contributed by atoms with Gasteiger partial charge in [0.15, 0.2) is 0 Å². The molecule has 122 valence electrons. The molecule has 2 aromatic rings. The van der Waals surface area contributed by atoms with Gasteiger partial charge in [0, 0.05) is 27.7 Å². The number of halogens is 1. The molecular weight excluding hydrogens is 378 g/mol. The maximum atomic E-state index is 11.9. The molecule has 4 nitrogen and oxygen atoms in total. The molecule has 0 fully saturated rings. The SMILES string of the molecule is O=C(CCc1cc(Br)cs1)NCC(Cc1ccccc1)C(=O)O. The summed E-state index contributed by atoms with van der Waals surface area (Å²) in [6, 6.07) is 11.4. The molecule has 1 unspecified atom stereocenters. The summed E-state index contributed by atoms with van der Waals surface area (Å²) in [4.78, 5) is 24.4. The fraction of sp³-hybridized carbons (Fsp3) is 0.294. The highest BCUT2D eigenvalue weighted by molar-refractivity contribution is 9.10. The largest absolute Gasteiger partial charge is 0.481 e. The third-order valence-corrected chi connectivity index (χ3v) is 5.20. The van der Waals surface area contributed by atoms with Gasteiger partial charge < -0.3 is 10.4 Å². The predicted octanol–water partition coefficient (Wildman–Crippen LogP) is 3.50. The highest BCUT2D eigenvalue weighted by Gasteiger charge is 2.18. The number of amides is 1. The molecule has 2 N–H and O–H groups in total. The van der Waals surface area contributed by atoms with Crippen LogP contribution in [0.15, 0.2) is 46.3 Å². The lowest BCUT2D eigenvalue weighted by Crippen LogP contribution is -2.34. The summed E-state index contributed by atoms with van der Waals surface area (Å²) in [5.41, 5.74) is 0.956. The first kappa shape index (κ1) is 17.7. The monoisotopic (exact) mass is 395 g/mol. The van der Waals surface area contributed by atoms with Gasteiger partial charge >= 0.3 is 5.97 Å². The first-order valence-corrected chi connectivity index (χ1v) is 8.98. The van der Waals surface area contributed by atoms with E-state index in [1.807, 2.05) is 41.8 Å². The van der Waals surface area contributed by atoms with Crippen LogP contribution in [0.2, 0.25) is 0 Å². The number of hydrogen-bond donors (Lipinski definition) is 2. The lowest BCUT2D eigenvalue weighted by molar-refractivity contribution is -0.141. The lowest BCUT2D eigenvalue weighted by atomic mass is 9.99. The molecule has 1 amide bonds. The van der Waals surface area contributed by atoms with Crippen LogP contribution in [0.25, 0.3) is 0 Å². The quantitative estimate of drug-likeness (QED) is 0.718. The average molecular weight is 396 g/mol. The molecule has 2 rings (SSSR count). The number of nitrogens with one attached hydrogen (secondary N) is 1. The summed E-state index contributed by atoms with van der Waals surface area (Å²) in [5, 5.41) is 14.0. The molecule has 1 atom stereocenters. The Morgan fingerprint density at radius 3 is 2.61 bits per heavy atom. The van der Waals surface area contributed by atoms with Crippen molar-refractivity contribution in [3.63, 3.8) is 0 Å². The third kappa shape index (κ3) is 6.15. The maximum Gasteiger partial charge on any atom is 0.308 e. The summed E-state index contributed by atoms with van der Waals surface area (Å²) in [7, 11) is 0. The standard InChI is InChI=1S/C17H18BrNO3S/c18-14-9-15(23-11-14)6-7-16(20)19-10-13(17(21)22)8-12-4-2-1-3-5-12/h1-5,9,11,13H,6-8,10H2,(H,19,20)(H,21,22). The van der Waals surface area contributed by atoms with Crippen molar-refractivity contribution in [3.8, 4) is 0 Å². The molecule has 0 aliphatic carbocycles. The van der Waals surface area contributed by atoms with Crippen molar-refractivity contribution in [3.05, 3.63) is 56.7 Å². The van der Waals surface area contributed by atoms with Crippen LogP contribution in [0.5, 0.6) is 0 Å². The normalized spacial score (nSPS) is 11.9. The van der Waals surface area contributed by atoms with Gasteiger partial charge in [0.1, 0.15) is 0 Å². The minimum absolute atomic E-state index is 0.117. The van der Waals surface area contributed by atoms with Crippen molar-refractivity contribution in [2.24, 2.45) is 5.92 Å². The number of carboxylic acids is 1. The summed E-state index contributed by atoms with van der Waals surface area (Å²) in [6.07, 6.45) is 1.44. The second-order valence-corrected chi connectivity index (χ2v) is 7.17. The summed E-state index contributed by atoms with van der Waals surface area (Å²) >= 11 is 4.98. The second-order valence-electron chi connectivity index (χ2n) is 5.26. The van der Waals surface area contributed by atoms with E-state index in [0.717, 1.165) is 14.9 Å². The Bertz CT molecular complexity index is 657. The number of thiophene rings is 1. The van der Waals surface area contributed by atoms with Gasteiger partial charge in [-0.2, -0.15) is 0 Å². The third-order valence-electron chi connectivity index (χ3n) is 3.44. The molecule has 0 aliphatic rings. The number of carbonyl (C=O) groups is 2. The minimum atomic E-state index is -0.892. The second kappa shape index (κ2) is 8.84. The number of rotatable bonds is 8. The molecule has 1 aromatic carbocycles. The van der Waals surface area contributed by atoms with Crippen LogP contribution in [-0.4, -0.2) is 23.5 Å². The van der Waals surface area contributed by atoms with Gasteiger partial charge in [-0.3, -0.25) is 9.59 Å². The summed E-state index contributed by atoms with van der Waals surface area (Å²) in [6.45, 7) is 0.150. The number of hydrogen-bond acceptors (Lipinski definition) is 3. The van der Waals surface area contributed by atoms with E-state index < -0.39 is 11.9 Å². The van der Waals surface area contributed by atoms with Gasteiger partial charge in [-0.25, -0.2) is 0 Å². The topological polar surface area (TPSA) is 66.4 Å². The maximum absolute atomic E-state index is 11.9. The van der Waals surface area contributed by atoms with Crippen LogP contribution in [-0.2, 0) is 22.4 Å². The van der Waals surface area contributed by atoms with E-state index in [2.05, 4.69) is 21.2 Å². The molecule has 23 heavy (non-hydrogen) atoms. The molecule has 0 saturated carbocycles. The molecule has 0 bridgehead atoms. The zero-order valence-corrected chi connectivity index (χ0v) is 14.9. The number of carbonyl (C=O) groups excluding carboxylic acids is 1. The van der Waals surface area contributed by atoms with Gasteiger partial charge in [0.25, 0.3) is 0 Å². The summed E-state index contributed by atoms with van der Waals surface area (Å²) < 4.78 is 1.02. The van der Waals surface area contributed by atoms with Crippen LogP contribution in [0, 0.1) is 5.92 Å². The highest BCUT2D eigenvalue weighted by atomic mass is 79.9. The van der Waals surface area contributed by atoms with E-state index in [9.17, 15) is 14.7 Å². The van der Waals surface area contributed by atoms with E-state index in [4.69, 9.17) is 0 Å². The zero-order chi connectivity index (χ0) is 16.7. The van der Waals surface area contributed by atoms with Gasteiger partial charge in [-0.1, -0.05) is 30.3 Å². The van der Waals surface area contributed by atoms with E-state index in [1.165, 1.54) is 0 Å². The number of aliphatic carboxylic acids is 1. The lowest BCUT2D eigenvalue weighted by Gasteiger charge is -2.13. The Labute approximate surface area is 147 Å². The Kier molecular flexibility index (Phi) is 6.80. The number of aryl methyl sites for hydroxylation is 1. The molecule has 1 aromatic heterocycles. The Hall–Kier alpha value is -1.66. The van der Waals surface area contributed by atoms with Crippen LogP contribution in [0.3, 0.4) is 0 Å². The van der Waals surface area contributed by atoms with Crippen LogP contribution < -0.4 is 5.32 Å². The predicted molar refractivity (Wildman–Crippen MR) is 94.6 cm³/mol.